The molecule has 33 heavy (non-hydrogen) atoms. The summed E-state index contributed by atoms with van der Waals surface area (Å²) in [5, 5.41) is 16.3. The van der Waals surface area contributed by atoms with Crippen LogP contribution in [0.4, 0.5) is 10.3 Å². The number of hydrogen-bond donors (Lipinski definition) is 2. The van der Waals surface area contributed by atoms with Gasteiger partial charge in [0, 0.05) is 26.1 Å². The number of aromatic nitrogens is 4. The van der Waals surface area contributed by atoms with Gasteiger partial charge in [-0.05, 0) is 39.3 Å². The molecule has 11 heteroatoms. The number of rotatable bonds is 4. The number of nitrogens with one attached hydrogen (secondary N) is 1. The second kappa shape index (κ2) is 9.18. The number of benzene rings is 1. The van der Waals surface area contributed by atoms with Gasteiger partial charge < -0.3 is 19.1 Å². The van der Waals surface area contributed by atoms with Crippen LogP contribution in [-0.4, -0.2) is 55.6 Å². The summed E-state index contributed by atoms with van der Waals surface area (Å²) in [6, 6.07) is 2.88. The number of aryl methyl sites for hydroxylation is 3. The van der Waals surface area contributed by atoms with E-state index in [0.29, 0.717) is 55.9 Å². The van der Waals surface area contributed by atoms with Crippen LogP contribution in [0.25, 0.3) is 11.0 Å². The SMILES string of the molecule is CCn1nc(C)c(F)c1C(=O)Nc1nc2cc(C(=O)O)cc3c2n1CCCO[C@H](C)CCO3. The summed E-state index contributed by atoms with van der Waals surface area (Å²) in [7, 11) is 0. The van der Waals surface area contributed by atoms with Crippen molar-refractivity contribution in [3.05, 3.63) is 34.9 Å². The predicted octanol–water partition coefficient (Wildman–Crippen LogP) is 3.23. The molecule has 10 nitrogen and oxygen atoms in total. The van der Waals surface area contributed by atoms with Crippen molar-refractivity contribution in [1.29, 1.82) is 0 Å². The maximum atomic E-state index is 14.6. The number of carbonyl (C=O) groups is 2. The highest BCUT2D eigenvalue weighted by molar-refractivity contribution is 6.04. The molecule has 1 atom stereocenters. The number of carboxylic acids is 1. The number of ether oxygens (including phenoxy) is 2. The molecule has 0 spiro atoms. The van der Waals surface area contributed by atoms with Crippen LogP contribution in [0.1, 0.15) is 53.2 Å². The number of imidazole rings is 1. The second-order valence-corrected chi connectivity index (χ2v) is 7.92. The molecular formula is C22H26FN5O5. The molecule has 2 aromatic heterocycles. The largest absolute Gasteiger partial charge is 0.491 e. The van der Waals surface area contributed by atoms with Crippen molar-refractivity contribution in [2.45, 2.75) is 52.8 Å². The number of anilines is 1. The summed E-state index contributed by atoms with van der Waals surface area (Å²) < 4.78 is 29.3. The van der Waals surface area contributed by atoms with Crippen LogP contribution < -0.4 is 10.1 Å². The Kier molecular flexibility index (Phi) is 6.32. The number of aromatic carboxylic acids is 1. The Morgan fingerprint density at radius 3 is 2.85 bits per heavy atom. The first kappa shape index (κ1) is 22.7. The lowest BCUT2D eigenvalue weighted by molar-refractivity contribution is 0.0484. The van der Waals surface area contributed by atoms with Crippen molar-refractivity contribution in [1.82, 2.24) is 19.3 Å². The van der Waals surface area contributed by atoms with Crippen LogP contribution in [-0.2, 0) is 17.8 Å². The topological polar surface area (TPSA) is 120 Å². The smallest absolute Gasteiger partial charge is 0.335 e. The molecular weight excluding hydrogens is 433 g/mol. The predicted molar refractivity (Wildman–Crippen MR) is 117 cm³/mol. The molecule has 0 bridgehead atoms. The lowest BCUT2D eigenvalue weighted by atomic mass is 10.2. The highest BCUT2D eigenvalue weighted by Crippen LogP contribution is 2.32. The third-order valence-corrected chi connectivity index (χ3v) is 5.56. The Morgan fingerprint density at radius 1 is 1.33 bits per heavy atom. The summed E-state index contributed by atoms with van der Waals surface area (Å²) in [6.07, 6.45) is 1.24. The monoisotopic (exact) mass is 459 g/mol. The highest BCUT2D eigenvalue weighted by Gasteiger charge is 2.25. The molecule has 1 aromatic carbocycles. The van der Waals surface area contributed by atoms with Gasteiger partial charge >= 0.3 is 5.97 Å². The van der Waals surface area contributed by atoms with Crippen LogP contribution in [0.15, 0.2) is 12.1 Å². The number of nitrogens with zero attached hydrogens (tertiary/aromatic N) is 4. The Hall–Kier alpha value is -3.47. The van der Waals surface area contributed by atoms with Gasteiger partial charge in [-0.3, -0.25) is 14.8 Å². The first-order valence-corrected chi connectivity index (χ1v) is 10.9. The Balaban J connectivity index is 1.80. The van der Waals surface area contributed by atoms with E-state index >= 15 is 0 Å². The third kappa shape index (κ3) is 4.40. The van der Waals surface area contributed by atoms with Gasteiger partial charge in [0.15, 0.2) is 11.5 Å². The van der Waals surface area contributed by atoms with E-state index in [-0.39, 0.29) is 29.0 Å². The van der Waals surface area contributed by atoms with Gasteiger partial charge in [0.2, 0.25) is 5.95 Å². The molecule has 176 valence electrons. The molecule has 0 fully saturated rings. The van der Waals surface area contributed by atoms with Gasteiger partial charge in [0.05, 0.1) is 29.5 Å². The Morgan fingerprint density at radius 2 is 2.12 bits per heavy atom. The average Bonchev–Trinajstić information content (AvgIpc) is 3.25. The van der Waals surface area contributed by atoms with Crippen LogP contribution in [0, 0.1) is 12.7 Å². The summed E-state index contributed by atoms with van der Waals surface area (Å²) in [5.41, 5.74) is 0.873. The fraction of sp³-hybridized carbons (Fsp3) is 0.455. The van der Waals surface area contributed by atoms with E-state index in [2.05, 4.69) is 15.4 Å². The molecule has 4 rings (SSSR count). The zero-order valence-corrected chi connectivity index (χ0v) is 18.7. The van der Waals surface area contributed by atoms with Gasteiger partial charge in [-0.15, -0.1) is 0 Å². The minimum atomic E-state index is -1.12. The zero-order chi connectivity index (χ0) is 23.7. The van der Waals surface area contributed by atoms with E-state index in [4.69, 9.17) is 9.47 Å². The molecule has 0 saturated heterocycles. The van der Waals surface area contributed by atoms with Crippen LogP contribution in [0.5, 0.6) is 5.75 Å². The van der Waals surface area contributed by atoms with E-state index in [1.165, 1.54) is 23.7 Å². The summed E-state index contributed by atoms with van der Waals surface area (Å²) >= 11 is 0. The van der Waals surface area contributed by atoms with Gasteiger partial charge in [-0.2, -0.15) is 5.10 Å². The summed E-state index contributed by atoms with van der Waals surface area (Å²) in [5.74, 6) is -1.99. The number of halogens is 1. The van der Waals surface area contributed by atoms with Gasteiger partial charge in [0.25, 0.3) is 5.91 Å². The van der Waals surface area contributed by atoms with Gasteiger partial charge in [-0.25, -0.2) is 14.2 Å². The molecule has 0 radical (unpaired) electrons. The lowest BCUT2D eigenvalue weighted by Crippen LogP contribution is -2.21. The van der Waals surface area contributed by atoms with Crippen molar-refractivity contribution in [3.63, 3.8) is 0 Å². The molecule has 1 aliphatic rings. The van der Waals surface area contributed by atoms with E-state index in [1.54, 1.807) is 11.5 Å². The molecule has 1 aliphatic heterocycles. The normalized spacial score (nSPS) is 16.8. The fourth-order valence-corrected chi connectivity index (χ4v) is 3.87. The van der Waals surface area contributed by atoms with E-state index in [0.717, 1.165) is 0 Å². The fourth-order valence-electron chi connectivity index (χ4n) is 3.87. The molecule has 1 amide bonds. The quantitative estimate of drug-likeness (QED) is 0.614. The van der Waals surface area contributed by atoms with E-state index in [1.807, 2.05) is 6.92 Å². The van der Waals surface area contributed by atoms with Gasteiger partial charge in [-0.1, -0.05) is 0 Å². The number of amides is 1. The second-order valence-electron chi connectivity index (χ2n) is 7.92. The maximum absolute atomic E-state index is 14.6. The number of carbonyl (C=O) groups excluding carboxylic acids is 1. The van der Waals surface area contributed by atoms with Crippen molar-refractivity contribution in [3.8, 4) is 5.75 Å². The molecule has 0 saturated carbocycles. The molecule has 0 unspecified atom stereocenters. The van der Waals surface area contributed by atoms with Crippen LogP contribution in [0.2, 0.25) is 0 Å². The molecule has 2 N–H and O–H groups in total. The Bertz CT molecular complexity index is 1220. The summed E-state index contributed by atoms with van der Waals surface area (Å²) in [4.78, 5) is 29.1. The molecule has 3 heterocycles. The summed E-state index contributed by atoms with van der Waals surface area (Å²) in [6.45, 7) is 6.77. The van der Waals surface area contributed by atoms with Crippen molar-refractivity contribution in [2.75, 3.05) is 18.5 Å². The van der Waals surface area contributed by atoms with Gasteiger partial charge in [0.1, 0.15) is 11.3 Å². The van der Waals surface area contributed by atoms with E-state index < -0.39 is 17.7 Å². The van der Waals surface area contributed by atoms with Crippen LogP contribution in [0.3, 0.4) is 0 Å². The standard InChI is InChI=1S/C22H26FN5O5/c1-4-28-19(17(23)13(3)26-28)20(29)25-22-24-15-10-14(21(30)31)11-16-18(15)27(22)7-5-8-32-12(2)6-9-33-16/h10-12H,4-9H2,1-3H3,(H,30,31)(H,24,25,29)/t12-/m1/s1. The minimum absolute atomic E-state index is 0.0153. The minimum Gasteiger partial charge on any atom is -0.491 e. The average molecular weight is 459 g/mol. The highest BCUT2D eigenvalue weighted by atomic mass is 19.1. The lowest BCUT2D eigenvalue weighted by Gasteiger charge is -2.13. The van der Waals surface area contributed by atoms with Crippen LogP contribution >= 0.6 is 0 Å². The first-order valence-electron chi connectivity index (χ1n) is 10.9. The van der Waals surface area contributed by atoms with Crippen molar-refractivity contribution in [2.24, 2.45) is 0 Å². The third-order valence-electron chi connectivity index (χ3n) is 5.56. The van der Waals surface area contributed by atoms with Crippen molar-refractivity contribution < 1.29 is 28.6 Å². The maximum Gasteiger partial charge on any atom is 0.335 e. The van der Waals surface area contributed by atoms with E-state index in [9.17, 15) is 19.1 Å². The first-order chi connectivity index (χ1) is 15.8. The zero-order valence-electron chi connectivity index (χ0n) is 18.7. The number of carboxylic acid groups (broad SMARTS) is 1. The number of hydrogen-bond acceptors (Lipinski definition) is 6. The molecule has 3 aromatic rings. The Labute approximate surface area is 189 Å². The van der Waals surface area contributed by atoms with Crippen molar-refractivity contribution >= 4 is 28.9 Å². The molecule has 0 aliphatic carbocycles.